The summed E-state index contributed by atoms with van der Waals surface area (Å²) in [6.07, 6.45) is 1.95. The van der Waals surface area contributed by atoms with Gasteiger partial charge in [0.25, 0.3) is 5.91 Å². The summed E-state index contributed by atoms with van der Waals surface area (Å²) in [5, 5.41) is 9.49. The molecule has 0 spiro atoms. The van der Waals surface area contributed by atoms with E-state index >= 15 is 0 Å². The molecule has 0 bridgehead atoms. The number of carboxylic acid groups (broad SMARTS) is 1. The fourth-order valence-electron chi connectivity index (χ4n) is 2.79. The molecule has 0 aromatic carbocycles. The van der Waals surface area contributed by atoms with Crippen molar-refractivity contribution in [1.29, 1.82) is 0 Å². The van der Waals surface area contributed by atoms with Crippen LogP contribution in [0.1, 0.15) is 48.0 Å². The maximum Gasteiger partial charge on any atom is 0.311 e. The van der Waals surface area contributed by atoms with Gasteiger partial charge in [-0.1, -0.05) is 13.8 Å². The van der Waals surface area contributed by atoms with Gasteiger partial charge in [0.15, 0.2) is 5.78 Å². The van der Waals surface area contributed by atoms with Gasteiger partial charge in [-0.3, -0.25) is 14.4 Å². The number of hydrogen-bond donors (Lipinski definition) is 2. The Kier molecular flexibility index (Phi) is 3.89. The lowest BCUT2D eigenvalue weighted by atomic mass is 9.76. The zero-order valence-electron chi connectivity index (χ0n) is 12.5. The number of Topliss-reactive ketones (excluding diaryl/α,β-unsaturated/α-hetero) is 1. The van der Waals surface area contributed by atoms with Gasteiger partial charge in [-0.15, -0.1) is 0 Å². The smallest absolute Gasteiger partial charge is 0.311 e. The SMILES string of the molecule is CC(=O)c1c[nH]c(C(=O)N2CCC(C(=O)O)(C(C)C)C2)c1. The number of rotatable bonds is 4. The van der Waals surface area contributed by atoms with E-state index in [1.165, 1.54) is 19.2 Å². The number of likely N-dealkylation sites (tertiary alicyclic amines) is 1. The van der Waals surface area contributed by atoms with Gasteiger partial charge in [-0.25, -0.2) is 0 Å². The number of amides is 1. The minimum Gasteiger partial charge on any atom is -0.481 e. The topological polar surface area (TPSA) is 90.5 Å². The molecule has 1 aromatic heterocycles. The number of carbonyl (C=O) groups excluding carboxylic acids is 2. The number of carbonyl (C=O) groups is 3. The van der Waals surface area contributed by atoms with Gasteiger partial charge in [0.05, 0.1) is 5.41 Å². The molecular formula is C15H20N2O4. The van der Waals surface area contributed by atoms with E-state index in [0.717, 1.165) is 0 Å². The van der Waals surface area contributed by atoms with Crippen molar-refractivity contribution >= 4 is 17.7 Å². The second-order valence-corrected chi connectivity index (χ2v) is 5.95. The van der Waals surface area contributed by atoms with Crippen LogP contribution in [0.5, 0.6) is 0 Å². The fourth-order valence-corrected chi connectivity index (χ4v) is 2.79. The van der Waals surface area contributed by atoms with E-state index in [1.807, 2.05) is 13.8 Å². The van der Waals surface area contributed by atoms with Crippen LogP contribution in [0.15, 0.2) is 12.3 Å². The molecule has 1 atom stereocenters. The Bertz CT molecular complexity index is 590. The van der Waals surface area contributed by atoms with Gasteiger partial charge in [0.2, 0.25) is 0 Å². The Morgan fingerprint density at radius 1 is 1.38 bits per heavy atom. The Morgan fingerprint density at radius 3 is 2.48 bits per heavy atom. The van der Waals surface area contributed by atoms with E-state index in [1.54, 1.807) is 4.90 Å². The van der Waals surface area contributed by atoms with Crippen molar-refractivity contribution < 1.29 is 19.5 Å². The third-order valence-electron chi connectivity index (χ3n) is 4.44. The molecule has 21 heavy (non-hydrogen) atoms. The van der Waals surface area contributed by atoms with E-state index in [4.69, 9.17) is 0 Å². The van der Waals surface area contributed by atoms with Crippen molar-refractivity contribution in [2.75, 3.05) is 13.1 Å². The molecule has 0 aliphatic carbocycles. The molecule has 1 fully saturated rings. The summed E-state index contributed by atoms with van der Waals surface area (Å²) in [5.41, 5.74) is -0.109. The van der Waals surface area contributed by atoms with Crippen molar-refractivity contribution in [2.24, 2.45) is 11.3 Å². The number of nitrogens with one attached hydrogen (secondary N) is 1. The first-order valence-corrected chi connectivity index (χ1v) is 7.00. The molecule has 2 N–H and O–H groups in total. The van der Waals surface area contributed by atoms with Crippen LogP contribution in [0.4, 0.5) is 0 Å². The summed E-state index contributed by atoms with van der Waals surface area (Å²) < 4.78 is 0. The maximum atomic E-state index is 12.4. The highest BCUT2D eigenvalue weighted by molar-refractivity contribution is 5.99. The lowest BCUT2D eigenvalue weighted by Gasteiger charge is -2.28. The number of aromatic amines is 1. The summed E-state index contributed by atoms with van der Waals surface area (Å²) in [6.45, 7) is 5.78. The molecule has 1 aromatic rings. The number of H-pyrrole nitrogens is 1. The zero-order chi connectivity index (χ0) is 15.8. The van der Waals surface area contributed by atoms with Gasteiger partial charge >= 0.3 is 5.97 Å². The van der Waals surface area contributed by atoms with Gasteiger partial charge in [0, 0.05) is 24.8 Å². The molecular weight excluding hydrogens is 272 g/mol. The molecule has 0 radical (unpaired) electrons. The minimum atomic E-state index is -0.883. The van der Waals surface area contributed by atoms with Gasteiger partial charge in [-0.05, 0) is 25.3 Å². The van der Waals surface area contributed by atoms with Crippen LogP contribution in [0, 0.1) is 11.3 Å². The second-order valence-electron chi connectivity index (χ2n) is 5.95. The molecule has 1 aliphatic heterocycles. The Hall–Kier alpha value is -2.11. The van der Waals surface area contributed by atoms with E-state index < -0.39 is 11.4 Å². The lowest BCUT2D eigenvalue weighted by Crippen LogP contribution is -2.40. The highest BCUT2D eigenvalue weighted by Gasteiger charge is 2.48. The van der Waals surface area contributed by atoms with Crippen molar-refractivity contribution in [1.82, 2.24) is 9.88 Å². The molecule has 6 heteroatoms. The molecule has 2 rings (SSSR count). The molecule has 114 valence electrons. The summed E-state index contributed by atoms with van der Waals surface area (Å²) in [4.78, 5) is 39.6. The minimum absolute atomic E-state index is 0.0516. The molecule has 6 nitrogen and oxygen atoms in total. The number of nitrogens with zero attached hydrogens (tertiary/aromatic N) is 1. The molecule has 0 saturated carbocycles. The largest absolute Gasteiger partial charge is 0.481 e. The van der Waals surface area contributed by atoms with Crippen LogP contribution in [0.25, 0.3) is 0 Å². The highest BCUT2D eigenvalue weighted by Crippen LogP contribution is 2.38. The van der Waals surface area contributed by atoms with Crippen LogP contribution in [0.2, 0.25) is 0 Å². The molecule has 1 amide bonds. The molecule has 1 saturated heterocycles. The van der Waals surface area contributed by atoms with Crippen molar-refractivity contribution in [3.63, 3.8) is 0 Å². The molecule has 1 aliphatic rings. The standard InChI is InChI=1S/C15H20N2O4/c1-9(2)15(14(20)21)4-5-17(8-15)13(19)12-6-11(7-16-12)10(3)18/h6-7,9,16H,4-5,8H2,1-3H3,(H,20,21). The summed E-state index contributed by atoms with van der Waals surface area (Å²) in [6, 6.07) is 1.51. The summed E-state index contributed by atoms with van der Waals surface area (Å²) >= 11 is 0. The zero-order valence-corrected chi connectivity index (χ0v) is 12.5. The summed E-state index contributed by atoms with van der Waals surface area (Å²) in [5.74, 6) is -1.28. The number of ketones is 1. The molecule has 2 heterocycles. The van der Waals surface area contributed by atoms with E-state index in [2.05, 4.69) is 4.98 Å². The van der Waals surface area contributed by atoms with Crippen LogP contribution in [0.3, 0.4) is 0 Å². The van der Waals surface area contributed by atoms with Gasteiger partial charge in [0.1, 0.15) is 5.69 Å². The van der Waals surface area contributed by atoms with Gasteiger partial charge < -0.3 is 15.0 Å². The third kappa shape index (κ3) is 2.57. The van der Waals surface area contributed by atoms with Crippen LogP contribution in [-0.4, -0.2) is 45.7 Å². The van der Waals surface area contributed by atoms with Crippen molar-refractivity contribution in [3.05, 3.63) is 23.5 Å². The lowest BCUT2D eigenvalue weighted by molar-refractivity contribution is -0.150. The Morgan fingerprint density at radius 2 is 2.05 bits per heavy atom. The average molecular weight is 292 g/mol. The van der Waals surface area contributed by atoms with Gasteiger partial charge in [-0.2, -0.15) is 0 Å². The molecule has 1 unspecified atom stereocenters. The second kappa shape index (κ2) is 5.35. The van der Waals surface area contributed by atoms with Crippen LogP contribution < -0.4 is 0 Å². The monoisotopic (exact) mass is 292 g/mol. The number of hydrogen-bond acceptors (Lipinski definition) is 3. The predicted octanol–water partition coefficient (Wildman–Crippen LogP) is 1.79. The third-order valence-corrected chi connectivity index (χ3v) is 4.44. The Labute approximate surface area is 123 Å². The highest BCUT2D eigenvalue weighted by atomic mass is 16.4. The Balaban J connectivity index is 2.18. The number of aromatic nitrogens is 1. The average Bonchev–Trinajstić information content (AvgIpc) is 3.06. The first-order valence-electron chi connectivity index (χ1n) is 7.00. The number of aliphatic carboxylic acids is 1. The van der Waals surface area contributed by atoms with Crippen molar-refractivity contribution in [2.45, 2.75) is 27.2 Å². The fraction of sp³-hybridized carbons (Fsp3) is 0.533. The van der Waals surface area contributed by atoms with E-state index in [0.29, 0.717) is 24.2 Å². The van der Waals surface area contributed by atoms with E-state index in [9.17, 15) is 19.5 Å². The van der Waals surface area contributed by atoms with Crippen LogP contribution >= 0.6 is 0 Å². The number of carboxylic acids is 1. The summed E-state index contributed by atoms with van der Waals surface area (Å²) in [7, 11) is 0. The first kappa shape index (κ1) is 15.3. The first-order chi connectivity index (χ1) is 9.78. The normalized spacial score (nSPS) is 21.8. The quantitative estimate of drug-likeness (QED) is 0.828. The van der Waals surface area contributed by atoms with Crippen molar-refractivity contribution in [3.8, 4) is 0 Å². The predicted molar refractivity (Wildman–Crippen MR) is 76.2 cm³/mol. The van der Waals surface area contributed by atoms with Crippen LogP contribution in [-0.2, 0) is 4.79 Å². The van der Waals surface area contributed by atoms with E-state index in [-0.39, 0.29) is 24.2 Å². The maximum absolute atomic E-state index is 12.4.